The van der Waals surface area contributed by atoms with Crippen molar-refractivity contribution in [3.8, 4) is 0 Å². The van der Waals surface area contributed by atoms with Crippen LogP contribution in [0.25, 0.3) is 0 Å². The average Bonchev–Trinajstić information content (AvgIpc) is 2.60. The van der Waals surface area contributed by atoms with E-state index in [-0.39, 0.29) is 17.3 Å². The number of fused-ring (bicyclic) bond motifs is 1. The van der Waals surface area contributed by atoms with Crippen molar-refractivity contribution in [3.63, 3.8) is 0 Å². The third kappa shape index (κ3) is 1.88. The number of anilines is 1. The molecule has 1 amide bonds. The van der Waals surface area contributed by atoms with Crippen LogP contribution in [-0.4, -0.2) is 25.5 Å². The van der Waals surface area contributed by atoms with Crippen molar-refractivity contribution in [1.29, 1.82) is 0 Å². The van der Waals surface area contributed by atoms with Gasteiger partial charge in [0.05, 0.1) is 12.7 Å². The lowest BCUT2D eigenvalue weighted by Crippen LogP contribution is -2.32. The largest absolute Gasteiger partial charge is 0.465 e. The summed E-state index contributed by atoms with van der Waals surface area (Å²) in [4.78, 5) is 24.9. The lowest BCUT2D eigenvalue weighted by Gasteiger charge is -2.19. The first-order valence-corrected chi connectivity index (χ1v) is 5.88. The van der Waals surface area contributed by atoms with Crippen LogP contribution in [0.5, 0.6) is 0 Å². The van der Waals surface area contributed by atoms with Crippen molar-refractivity contribution >= 4 is 17.6 Å². The van der Waals surface area contributed by atoms with Gasteiger partial charge in [-0.15, -0.1) is 0 Å². The Balaban J connectivity index is 2.54. The Bertz CT molecular complexity index is 520. The van der Waals surface area contributed by atoms with Gasteiger partial charge in [0.15, 0.2) is 0 Å². The fraction of sp³-hybridized carbons (Fsp3) is 0.429. The molecule has 1 heterocycles. The molecule has 0 bridgehead atoms. The minimum atomic E-state index is -0.383. The van der Waals surface area contributed by atoms with Crippen LogP contribution in [0, 0.1) is 0 Å². The molecule has 1 aromatic rings. The van der Waals surface area contributed by atoms with Crippen molar-refractivity contribution in [3.05, 3.63) is 29.3 Å². The molecule has 0 spiro atoms. The minimum Gasteiger partial charge on any atom is -0.465 e. The van der Waals surface area contributed by atoms with Crippen LogP contribution in [0.3, 0.4) is 0 Å². The Morgan fingerprint density at radius 1 is 1.33 bits per heavy atom. The molecule has 1 aromatic carbocycles. The van der Waals surface area contributed by atoms with Gasteiger partial charge in [0.1, 0.15) is 0 Å². The number of ether oxygens (including phenoxy) is 1. The normalized spacial score (nSPS) is 16.3. The van der Waals surface area contributed by atoms with E-state index in [1.165, 1.54) is 14.0 Å². The van der Waals surface area contributed by atoms with Gasteiger partial charge in [-0.25, -0.2) is 4.79 Å². The molecular formula is C14H17NO3. The molecule has 0 unspecified atom stereocenters. The minimum absolute atomic E-state index is 0.0103. The Hall–Kier alpha value is -1.84. The number of hydrogen-bond donors (Lipinski definition) is 0. The van der Waals surface area contributed by atoms with E-state index in [9.17, 15) is 9.59 Å². The molecule has 0 atom stereocenters. The second-order valence-corrected chi connectivity index (χ2v) is 5.21. The van der Waals surface area contributed by atoms with E-state index in [0.29, 0.717) is 12.1 Å². The maximum Gasteiger partial charge on any atom is 0.337 e. The molecule has 4 nitrogen and oxygen atoms in total. The van der Waals surface area contributed by atoms with Gasteiger partial charge in [-0.1, -0.05) is 19.9 Å². The molecule has 18 heavy (non-hydrogen) atoms. The summed E-state index contributed by atoms with van der Waals surface area (Å²) < 4.78 is 4.70. The lowest BCUT2D eigenvalue weighted by atomic mass is 9.86. The summed E-state index contributed by atoms with van der Waals surface area (Å²) in [7, 11) is 1.35. The Morgan fingerprint density at radius 3 is 2.56 bits per heavy atom. The van der Waals surface area contributed by atoms with Crippen molar-refractivity contribution in [2.75, 3.05) is 18.6 Å². The number of benzene rings is 1. The molecule has 0 saturated carbocycles. The maximum atomic E-state index is 11.7. The maximum absolute atomic E-state index is 11.7. The van der Waals surface area contributed by atoms with Crippen molar-refractivity contribution in [2.24, 2.45) is 0 Å². The third-order valence-corrected chi connectivity index (χ3v) is 3.37. The molecule has 4 heteroatoms. The lowest BCUT2D eigenvalue weighted by molar-refractivity contribution is -0.116. The molecule has 0 N–H and O–H groups in total. The van der Waals surface area contributed by atoms with Crippen LogP contribution in [0.2, 0.25) is 0 Å². The summed E-state index contributed by atoms with van der Waals surface area (Å²) in [6, 6.07) is 5.39. The van der Waals surface area contributed by atoms with E-state index in [2.05, 4.69) is 13.8 Å². The highest BCUT2D eigenvalue weighted by Gasteiger charge is 2.37. The summed E-state index contributed by atoms with van der Waals surface area (Å²) in [6.45, 7) is 6.36. The SMILES string of the molecule is COC(=O)c1ccc2c(c1)N(C(C)=O)CC2(C)C. The molecule has 2 rings (SSSR count). The zero-order chi connectivity index (χ0) is 13.5. The first kappa shape index (κ1) is 12.6. The summed E-state index contributed by atoms with van der Waals surface area (Å²) in [5.41, 5.74) is 2.29. The van der Waals surface area contributed by atoms with Crippen LogP contribution in [0.15, 0.2) is 18.2 Å². The highest BCUT2D eigenvalue weighted by atomic mass is 16.5. The zero-order valence-electron chi connectivity index (χ0n) is 11.1. The molecule has 0 aliphatic carbocycles. The first-order valence-electron chi connectivity index (χ1n) is 5.88. The topological polar surface area (TPSA) is 46.6 Å². The molecule has 1 aliphatic rings. The fourth-order valence-electron chi connectivity index (χ4n) is 2.42. The second-order valence-electron chi connectivity index (χ2n) is 5.21. The quantitative estimate of drug-likeness (QED) is 0.714. The highest BCUT2D eigenvalue weighted by Crippen LogP contribution is 2.40. The second kappa shape index (κ2) is 4.12. The van der Waals surface area contributed by atoms with Gasteiger partial charge in [0.2, 0.25) is 5.91 Å². The summed E-state index contributed by atoms with van der Waals surface area (Å²) in [5.74, 6) is -0.394. The number of hydrogen-bond acceptors (Lipinski definition) is 3. The van der Waals surface area contributed by atoms with Gasteiger partial charge in [0, 0.05) is 24.6 Å². The molecule has 0 saturated heterocycles. The van der Waals surface area contributed by atoms with Crippen molar-refractivity contribution in [1.82, 2.24) is 0 Å². The highest BCUT2D eigenvalue weighted by molar-refractivity contribution is 5.97. The number of methoxy groups -OCH3 is 1. The van der Waals surface area contributed by atoms with E-state index in [0.717, 1.165) is 11.3 Å². The summed E-state index contributed by atoms with van der Waals surface area (Å²) in [6.07, 6.45) is 0. The monoisotopic (exact) mass is 247 g/mol. The molecule has 0 radical (unpaired) electrons. The Labute approximate surface area is 107 Å². The van der Waals surface area contributed by atoms with Gasteiger partial charge in [-0.05, 0) is 17.7 Å². The van der Waals surface area contributed by atoms with Crippen LogP contribution in [-0.2, 0) is 14.9 Å². The third-order valence-electron chi connectivity index (χ3n) is 3.37. The van der Waals surface area contributed by atoms with E-state index < -0.39 is 0 Å². The number of amides is 1. The molecule has 96 valence electrons. The molecule has 0 fully saturated rings. The van der Waals surface area contributed by atoms with Gasteiger partial charge in [-0.2, -0.15) is 0 Å². The van der Waals surface area contributed by atoms with E-state index in [4.69, 9.17) is 4.74 Å². The molecule has 1 aliphatic heterocycles. The smallest absolute Gasteiger partial charge is 0.337 e. The summed E-state index contributed by atoms with van der Waals surface area (Å²) >= 11 is 0. The Kier molecular flexibility index (Phi) is 2.89. The van der Waals surface area contributed by atoms with Crippen LogP contribution in [0.1, 0.15) is 36.7 Å². The fourth-order valence-corrected chi connectivity index (χ4v) is 2.42. The van der Waals surface area contributed by atoms with Gasteiger partial charge >= 0.3 is 5.97 Å². The van der Waals surface area contributed by atoms with Crippen LogP contribution < -0.4 is 4.90 Å². The number of nitrogens with zero attached hydrogens (tertiary/aromatic N) is 1. The van der Waals surface area contributed by atoms with Crippen LogP contribution >= 0.6 is 0 Å². The molecular weight excluding hydrogens is 230 g/mol. The number of carbonyl (C=O) groups is 2. The number of esters is 1. The average molecular weight is 247 g/mol. The Morgan fingerprint density at radius 2 is 2.00 bits per heavy atom. The first-order chi connectivity index (χ1) is 8.36. The van der Waals surface area contributed by atoms with E-state index >= 15 is 0 Å². The van der Waals surface area contributed by atoms with Gasteiger partial charge in [0.25, 0.3) is 0 Å². The predicted octanol–water partition coefficient (Wildman–Crippen LogP) is 2.12. The van der Waals surface area contributed by atoms with Crippen LogP contribution in [0.4, 0.5) is 5.69 Å². The van der Waals surface area contributed by atoms with E-state index in [1.54, 1.807) is 17.0 Å². The number of rotatable bonds is 1. The molecule has 0 aromatic heterocycles. The predicted molar refractivity (Wildman–Crippen MR) is 68.8 cm³/mol. The van der Waals surface area contributed by atoms with Gasteiger partial charge in [-0.3, -0.25) is 4.79 Å². The van der Waals surface area contributed by atoms with Crippen molar-refractivity contribution in [2.45, 2.75) is 26.2 Å². The zero-order valence-corrected chi connectivity index (χ0v) is 11.1. The standard InChI is InChI=1S/C14H17NO3/c1-9(16)15-8-14(2,3)11-6-5-10(7-12(11)15)13(17)18-4/h5-7H,8H2,1-4H3. The number of carbonyl (C=O) groups excluding carboxylic acids is 2. The van der Waals surface area contributed by atoms with Crippen molar-refractivity contribution < 1.29 is 14.3 Å². The van der Waals surface area contributed by atoms with Gasteiger partial charge < -0.3 is 9.64 Å². The van der Waals surface area contributed by atoms with E-state index in [1.807, 2.05) is 6.07 Å². The summed E-state index contributed by atoms with van der Waals surface area (Å²) in [5, 5.41) is 0.